The first-order valence-corrected chi connectivity index (χ1v) is 7.51. The van der Waals surface area contributed by atoms with Gasteiger partial charge < -0.3 is 0 Å². The first-order chi connectivity index (χ1) is 7.19. The number of hydrogen-bond acceptors (Lipinski definition) is 2. The van der Waals surface area contributed by atoms with Crippen molar-refractivity contribution in [2.24, 2.45) is 0 Å². The standard InChI is InChI=1S/C13H27NS/c1-6-10-12(8-3)15-13(9-4)11(7-2)14(10)5/h10-13H,6-9H2,1-5H3. The minimum absolute atomic E-state index is 0.799. The van der Waals surface area contributed by atoms with Crippen molar-refractivity contribution >= 4 is 11.8 Å². The van der Waals surface area contributed by atoms with E-state index in [0.717, 1.165) is 22.6 Å². The van der Waals surface area contributed by atoms with Crippen molar-refractivity contribution in [3.63, 3.8) is 0 Å². The molecule has 2 heteroatoms. The van der Waals surface area contributed by atoms with E-state index in [1.165, 1.54) is 25.7 Å². The first-order valence-electron chi connectivity index (χ1n) is 6.56. The molecule has 0 spiro atoms. The average molecular weight is 229 g/mol. The van der Waals surface area contributed by atoms with Gasteiger partial charge in [0.2, 0.25) is 0 Å². The summed E-state index contributed by atoms with van der Waals surface area (Å²) in [7, 11) is 2.34. The highest BCUT2D eigenvalue weighted by Gasteiger charge is 2.37. The van der Waals surface area contributed by atoms with Crippen molar-refractivity contribution in [3.8, 4) is 0 Å². The van der Waals surface area contributed by atoms with Crippen LogP contribution < -0.4 is 0 Å². The fraction of sp³-hybridized carbons (Fsp3) is 1.00. The van der Waals surface area contributed by atoms with Gasteiger partial charge in [-0.05, 0) is 32.7 Å². The molecule has 4 atom stereocenters. The Labute approximate surface area is 100.0 Å². The third-order valence-electron chi connectivity index (χ3n) is 3.90. The fourth-order valence-corrected chi connectivity index (χ4v) is 4.98. The molecule has 15 heavy (non-hydrogen) atoms. The SMILES string of the molecule is CCC1SC(CC)C(CC)N(C)C1CC. The zero-order valence-electron chi connectivity index (χ0n) is 11.0. The van der Waals surface area contributed by atoms with Gasteiger partial charge in [0.05, 0.1) is 0 Å². The summed E-state index contributed by atoms with van der Waals surface area (Å²) in [6.45, 7) is 9.35. The molecule has 0 bridgehead atoms. The van der Waals surface area contributed by atoms with Crippen molar-refractivity contribution < 1.29 is 0 Å². The maximum atomic E-state index is 2.67. The Kier molecular flexibility index (Phi) is 5.48. The fourth-order valence-electron chi connectivity index (χ4n) is 3.01. The molecule has 0 aromatic heterocycles. The van der Waals surface area contributed by atoms with E-state index in [1.54, 1.807) is 0 Å². The molecule has 1 aliphatic rings. The summed E-state index contributed by atoms with van der Waals surface area (Å²) in [6, 6.07) is 1.60. The zero-order chi connectivity index (χ0) is 11.4. The highest BCUT2D eigenvalue weighted by Crippen LogP contribution is 2.39. The Balaban J connectivity index is 2.76. The smallest absolute Gasteiger partial charge is 0.0212 e. The maximum absolute atomic E-state index is 2.67. The molecule has 0 N–H and O–H groups in total. The highest BCUT2D eigenvalue weighted by molar-refractivity contribution is 8.00. The lowest BCUT2D eigenvalue weighted by Crippen LogP contribution is -2.54. The van der Waals surface area contributed by atoms with Crippen molar-refractivity contribution in [2.45, 2.75) is 76.0 Å². The lowest BCUT2D eigenvalue weighted by molar-refractivity contribution is 0.142. The van der Waals surface area contributed by atoms with Gasteiger partial charge in [-0.25, -0.2) is 0 Å². The third-order valence-corrected chi connectivity index (χ3v) is 5.89. The molecule has 1 saturated heterocycles. The van der Waals surface area contributed by atoms with Crippen LogP contribution in [0.4, 0.5) is 0 Å². The van der Waals surface area contributed by atoms with Crippen LogP contribution in [0.15, 0.2) is 0 Å². The van der Waals surface area contributed by atoms with Crippen LogP contribution >= 0.6 is 11.8 Å². The molecule has 90 valence electrons. The number of nitrogens with zero attached hydrogens (tertiary/aromatic N) is 1. The van der Waals surface area contributed by atoms with E-state index in [1.807, 2.05) is 0 Å². The van der Waals surface area contributed by atoms with Crippen LogP contribution in [0.3, 0.4) is 0 Å². The van der Waals surface area contributed by atoms with Gasteiger partial charge >= 0.3 is 0 Å². The summed E-state index contributed by atoms with van der Waals surface area (Å²) >= 11 is 2.26. The predicted molar refractivity (Wildman–Crippen MR) is 71.7 cm³/mol. The largest absolute Gasteiger partial charge is 0.298 e. The van der Waals surface area contributed by atoms with E-state index in [-0.39, 0.29) is 0 Å². The van der Waals surface area contributed by atoms with Gasteiger partial charge in [0, 0.05) is 22.6 Å². The maximum Gasteiger partial charge on any atom is 0.0212 e. The third kappa shape index (κ3) is 2.71. The Morgan fingerprint density at radius 3 is 1.47 bits per heavy atom. The highest BCUT2D eigenvalue weighted by atomic mass is 32.2. The van der Waals surface area contributed by atoms with Crippen LogP contribution in [-0.2, 0) is 0 Å². The zero-order valence-corrected chi connectivity index (χ0v) is 11.8. The first kappa shape index (κ1) is 13.4. The van der Waals surface area contributed by atoms with Gasteiger partial charge in [-0.2, -0.15) is 11.8 Å². The van der Waals surface area contributed by atoms with Gasteiger partial charge in [-0.3, -0.25) is 4.90 Å². The summed E-state index contributed by atoms with van der Waals surface area (Å²) in [6.07, 6.45) is 5.24. The molecular formula is C13H27NS. The lowest BCUT2D eigenvalue weighted by atomic mass is 10.00. The van der Waals surface area contributed by atoms with Crippen molar-refractivity contribution in [3.05, 3.63) is 0 Å². The van der Waals surface area contributed by atoms with E-state index in [2.05, 4.69) is 51.4 Å². The van der Waals surface area contributed by atoms with Gasteiger partial charge in [0.1, 0.15) is 0 Å². The summed E-state index contributed by atoms with van der Waals surface area (Å²) in [5.74, 6) is 0. The van der Waals surface area contributed by atoms with Gasteiger partial charge in [0.25, 0.3) is 0 Å². The molecule has 1 rings (SSSR count). The second-order valence-electron chi connectivity index (χ2n) is 4.65. The van der Waals surface area contributed by atoms with Crippen LogP contribution in [0, 0.1) is 0 Å². The van der Waals surface area contributed by atoms with Crippen molar-refractivity contribution in [1.82, 2.24) is 4.90 Å². The molecule has 0 amide bonds. The molecule has 1 aliphatic heterocycles. The van der Waals surface area contributed by atoms with Crippen LogP contribution in [-0.4, -0.2) is 34.5 Å². The molecule has 4 unspecified atom stereocenters. The topological polar surface area (TPSA) is 3.24 Å². The summed E-state index contributed by atoms with van der Waals surface area (Å²) in [4.78, 5) is 2.67. The van der Waals surface area contributed by atoms with Crippen molar-refractivity contribution in [2.75, 3.05) is 7.05 Å². The number of rotatable bonds is 4. The average Bonchev–Trinajstić information content (AvgIpc) is 2.27. The Morgan fingerprint density at radius 2 is 1.20 bits per heavy atom. The summed E-state index contributed by atoms with van der Waals surface area (Å²) < 4.78 is 0. The van der Waals surface area contributed by atoms with E-state index < -0.39 is 0 Å². The second kappa shape index (κ2) is 6.15. The minimum Gasteiger partial charge on any atom is -0.298 e. The molecule has 0 aromatic rings. The van der Waals surface area contributed by atoms with E-state index in [4.69, 9.17) is 0 Å². The van der Waals surface area contributed by atoms with Crippen LogP contribution in [0.25, 0.3) is 0 Å². The molecule has 0 aromatic carbocycles. The molecule has 1 heterocycles. The summed E-state index contributed by atoms with van der Waals surface area (Å²) in [5.41, 5.74) is 0. The van der Waals surface area contributed by atoms with Crippen molar-refractivity contribution in [1.29, 1.82) is 0 Å². The second-order valence-corrected chi connectivity index (χ2v) is 6.13. The molecule has 0 aliphatic carbocycles. The van der Waals surface area contributed by atoms with Crippen LogP contribution in [0.1, 0.15) is 53.4 Å². The van der Waals surface area contributed by atoms with Gasteiger partial charge in [0.15, 0.2) is 0 Å². The molecule has 1 fully saturated rings. The normalized spacial score (nSPS) is 38.2. The van der Waals surface area contributed by atoms with Gasteiger partial charge in [-0.1, -0.05) is 27.7 Å². The van der Waals surface area contributed by atoms with E-state index >= 15 is 0 Å². The molecule has 0 saturated carbocycles. The monoisotopic (exact) mass is 229 g/mol. The summed E-state index contributed by atoms with van der Waals surface area (Å²) in [5, 5.41) is 1.71. The number of thioether (sulfide) groups is 1. The predicted octanol–water partition coefficient (Wildman–Crippen LogP) is 3.78. The van der Waals surface area contributed by atoms with Crippen LogP contribution in [0.5, 0.6) is 0 Å². The molecular weight excluding hydrogens is 202 g/mol. The molecule has 0 radical (unpaired) electrons. The van der Waals surface area contributed by atoms with E-state index in [0.29, 0.717) is 0 Å². The Hall–Kier alpha value is 0.310. The Bertz CT molecular complexity index is 165. The molecule has 1 nitrogen and oxygen atoms in total. The lowest BCUT2D eigenvalue weighted by Gasteiger charge is -2.48. The quantitative estimate of drug-likeness (QED) is 0.722. The minimum atomic E-state index is 0.799. The Morgan fingerprint density at radius 1 is 0.800 bits per heavy atom. The van der Waals surface area contributed by atoms with Crippen LogP contribution in [0.2, 0.25) is 0 Å². The van der Waals surface area contributed by atoms with Gasteiger partial charge in [-0.15, -0.1) is 0 Å². The van der Waals surface area contributed by atoms with E-state index in [9.17, 15) is 0 Å². The number of hydrogen-bond donors (Lipinski definition) is 0.